The van der Waals surface area contributed by atoms with Crippen molar-refractivity contribution >= 4 is 30.3 Å². The van der Waals surface area contributed by atoms with Crippen LogP contribution < -0.4 is 10.6 Å². The SMILES string of the molecule is C=Nc1[nH]cc(-c2cncc(NCC(=O)NCC(F)(F)F)n2)c1/C=C/C1CC1. The Bertz CT molecular complexity index is 886. The van der Waals surface area contributed by atoms with Crippen molar-refractivity contribution in [2.24, 2.45) is 10.9 Å². The van der Waals surface area contributed by atoms with Crippen molar-refractivity contribution in [3.63, 3.8) is 0 Å². The van der Waals surface area contributed by atoms with E-state index in [1.807, 2.05) is 6.08 Å². The summed E-state index contributed by atoms with van der Waals surface area (Å²) in [6.45, 7) is 1.82. The zero-order valence-corrected chi connectivity index (χ0v) is 14.9. The lowest BCUT2D eigenvalue weighted by atomic mass is 10.1. The highest BCUT2D eigenvalue weighted by Gasteiger charge is 2.27. The molecule has 1 aliphatic carbocycles. The second kappa shape index (κ2) is 8.24. The van der Waals surface area contributed by atoms with Crippen LogP contribution in [0.2, 0.25) is 0 Å². The lowest BCUT2D eigenvalue weighted by Gasteiger charge is -2.10. The first kappa shape index (κ1) is 19.6. The maximum Gasteiger partial charge on any atom is 0.405 e. The van der Waals surface area contributed by atoms with Crippen LogP contribution in [0.15, 0.2) is 29.7 Å². The second-order valence-corrected chi connectivity index (χ2v) is 6.35. The minimum Gasteiger partial charge on any atom is -0.360 e. The van der Waals surface area contributed by atoms with Crippen molar-refractivity contribution in [1.29, 1.82) is 0 Å². The van der Waals surface area contributed by atoms with E-state index >= 15 is 0 Å². The number of halogens is 3. The summed E-state index contributed by atoms with van der Waals surface area (Å²) in [7, 11) is 0. The lowest BCUT2D eigenvalue weighted by Crippen LogP contribution is -2.37. The third kappa shape index (κ3) is 5.41. The fourth-order valence-electron chi connectivity index (χ4n) is 2.47. The average Bonchev–Trinajstić information content (AvgIpc) is 3.40. The number of nitrogens with zero attached hydrogens (tertiary/aromatic N) is 3. The molecule has 2 aromatic rings. The van der Waals surface area contributed by atoms with E-state index in [1.165, 1.54) is 19.0 Å². The maximum atomic E-state index is 12.1. The Kier molecular flexibility index (Phi) is 5.76. The number of alkyl halides is 3. The fourth-order valence-corrected chi connectivity index (χ4v) is 2.47. The molecule has 3 rings (SSSR count). The molecule has 2 aromatic heterocycles. The zero-order valence-electron chi connectivity index (χ0n) is 14.9. The Morgan fingerprint density at radius 3 is 2.86 bits per heavy atom. The van der Waals surface area contributed by atoms with Crippen LogP contribution in [0.3, 0.4) is 0 Å². The molecule has 2 heterocycles. The van der Waals surface area contributed by atoms with E-state index < -0.39 is 18.6 Å². The van der Waals surface area contributed by atoms with Gasteiger partial charge in [0, 0.05) is 17.3 Å². The molecule has 7 nitrogen and oxygen atoms in total. The van der Waals surface area contributed by atoms with Gasteiger partial charge in [0.05, 0.1) is 24.6 Å². The number of carbonyl (C=O) groups excluding carboxylic acids is 1. The van der Waals surface area contributed by atoms with Crippen LogP contribution in [0.25, 0.3) is 17.3 Å². The van der Waals surface area contributed by atoms with Crippen LogP contribution in [0.5, 0.6) is 0 Å². The molecule has 0 spiro atoms. The molecule has 10 heteroatoms. The van der Waals surface area contributed by atoms with E-state index in [4.69, 9.17) is 0 Å². The van der Waals surface area contributed by atoms with Gasteiger partial charge in [0.15, 0.2) is 0 Å². The number of aliphatic imine (C=N–C) groups is 1. The molecule has 148 valence electrons. The molecule has 0 atom stereocenters. The van der Waals surface area contributed by atoms with Gasteiger partial charge in [-0.05, 0) is 25.5 Å². The summed E-state index contributed by atoms with van der Waals surface area (Å²) in [6, 6.07) is 0. The number of aromatic nitrogens is 3. The number of H-pyrrole nitrogens is 1. The smallest absolute Gasteiger partial charge is 0.360 e. The third-order valence-electron chi connectivity index (χ3n) is 4.04. The molecular formula is C18H19F3N6O. The van der Waals surface area contributed by atoms with Crippen LogP contribution in [0.1, 0.15) is 18.4 Å². The molecule has 0 radical (unpaired) electrons. The normalized spacial score (nSPS) is 14.2. The summed E-state index contributed by atoms with van der Waals surface area (Å²) >= 11 is 0. The second-order valence-electron chi connectivity index (χ2n) is 6.35. The van der Waals surface area contributed by atoms with Gasteiger partial charge < -0.3 is 15.6 Å². The average molecular weight is 392 g/mol. The quantitative estimate of drug-likeness (QED) is 0.601. The standard InChI is InChI=1S/C18H19F3N6O/c1-22-17-12(5-4-11-2-3-11)13(6-25-17)14-7-23-8-15(27-14)24-9-16(28)26-10-18(19,20)21/h4-8,11,25H,1-3,9-10H2,(H,24,27)(H,26,28)/b5-4+. The molecule has 1 saturated carbocycles. The van der Waals surface area contributed by atoms with Crippen molar-refractivity contribution in [3.8, 4) is 11.3 Å². The van der Waals surface area contributed by atoms with Crippen molar-refractivity contribution in [3.05, 3.63) is 30.2 Å². The van der Waals surface area contributed by atoms with Gasteiger partial charge in [0.25, 0.3) is 0 Å². The van der Waals surface area contributed by atoms with Crippen molar-refractivity contribution < 1.29 is 18.0 Å². The Morgan fingerprint density at radius 2 is 2.18 bits per heavy atom. The van der Waals surface area contributed by atoms with Crippen molar-refractivity contribution in [1.82, 2.24) is 20.3 Å². The van der Waals surface area contributed by atoms with E-state index in [2.05, 4.69) is 38.1 Å². The van der Waals surface area contributed by atoms with Gasteiger partial charge in [-0.25, -0.2) is 9.98 Å². The highest BCUT2D eigenvalue weighted by atomic mass is 19.4. The summed E-state index contributed by atoms with van der Waals surface area (Å²) in [6.07, 6.45) is 6.65. The van der Waals surface area contributed by atoms with Crippen molar-refractivity contribution in [2.75, 3.05) is 18.4 Å². The number of carbonyl (C=O) groups is 1. The number of aromatic amines is 1. The molecule has 0 bridgehead atoms. The maximum absolute atomic E-state index is 12.1. The molecule has 0 saturated heterocycles. The summed E-state index contributed by atoms with van der Waals surface area (Å²) in [5.74, 6) is 0.664. The molecular weight excluding hydrogens is 373 g/mol. The summed E-state index contributed by atoms with van der Waals surface area (Å²) < 4.78 is 36.4. The Morgan fingerprint density at radius 1 is 1.39 bits per heavy atom. The van der Waals surface area contributed by atoms with Gasteiger partial charge in [-0.15, -0.1) is 0 Å². The van der Waals surface area contributed by atoms with E-state index in [0.29, 0.717) is 17.4 Å². The Balaban J connectivity index is 1.70. The zero-order chi connectivity index (χ0) is 20.1. The largest absolute Gasteiger partial charge is 0.405 e. The Labute approximate surface area is 159 Å². The summed E-state index contributed by atoms with van der Waals surface area (Å²) in [5, 5.41) is 4.46. The van der Waals surface area contributed by atoms with Gasteiger partial charge in [0.2, 0.25) is 5.91 Å². The first-order valence-electron chi connectivity index (χ1n) is 8.62. The number of allylic oxidation sites excluding steroid dienone is 1. The topological polar surface area (TPSA) is 95.1 Å². The Hall–Kier alpha value is -3.17. The minimum atomic E-state index is -4.45. The number of amides is 1. The van der Waals surface area contributed by atoms with E-state index in [-0.39, 0.29) is 12.4 Å². The van der Waals surface area contributed by atoms with Gasteiger partial charge in [-0.3, -0.25) is 9.78 Å². The van der Waals surface area contributed by atoms with Crippen LogP contribution in [-0.2, 0) is 4.79 Å². The van der Waals surface area contributed by atoms with Crippen LogP contribution in [0.4, 0.5) is 24.8 Å². The van der Waals surface area contributed by atoms with Gasteiger partial charge in [0.1, 0.15) is 18.2 Å². The number of hydrogen-bond acceptors (Lipinski definition) is 5. The van der Waals surface area contributed by atoms with Gasteiger partial charge >= 0.3 is 6.18 Å². The summed E-state index contributed by atoms with van der Waals surface area (Å²) in [4.78, 5) is 27.0. The highest BCUT2D eigenvalue weighted by molar-refractivity contribution is 5.81. The van der Waals surface area contributed by atoms with E-state index in [0.717, 1.165) is 11.1 Å². The number of hydrogen-bond donors (Lipinski definition) is 3. The molecule has 0 aliphatic heterocycles. The van der Waals surface area contributed by atoms with Gasteiger partial charge in [-0.1, -0.05) is 12.2 Å². The molecule has 28 heavy (non-hydrogen) atoms. The number of nitrogens with one attached hydrogen (secondary N) is 3. The first-order chi connectivity index (χ1) is 13.4. The minimum absolute atomic E-state index is 0.270. The van der Waals surface area contributed by atoms with E-state index in [1.54, 1.807) is 17.7 Å². The fraction of sp³-hybridized carbons (Fsp3) is 0.333. The highest BCUT2D eigenvalue weighted by Crippen LogP contribution is 2.35. The first-order valence-corrected chi connectivity index (χ1v) is 8.62. The number of anilines is 1. The number of rotatable bonds is 8. The van der Waals surface area contributed by atoms with E-state index in [9.17, 15) is 18.0 Å². The van der Waals surface area contributed by atoms with Gasteiger partial charge in [-0.2, -0.15) is 13.2 Å². The van der Waals surface area contributed by atoms with Crippen LogP contribution >= 0.6 is 0 Å². The monoisotopic (exact) mass is 392 g/mol. The molecule has 1 amide bonds. The molecule has 3 N–H and O–H groups in total. The molecule has 0 aromatic carbocycles. The summed E-state index contributed by atoms with van der Waals surface area (Å²) in [5.41, 5.74) is 2.12. The van der Waals surface area contributed by atoms with Crippen LogP contribution in [0, 0.1) is 5.92 Å². The predicted octanol–water partition coefficient (Wildman–Crippen LogP) is 3.32. The molecule has 0 unspecified atom stereocenters. The third-order valence-corrected chi connectivity index (χ3v) is 4.04. The molecule has 1 fully saturated rings. The molecule has 1 aliphatic rings. The van der Waals surface area contributed by atoms with Crippen LogP contribution in [-0.4, -0.2) is 46.8 Å². The van der Waals surface area contributed by atoms with Crippen molar-refractivity contribution in [2.45, 2.75) is 19.0 Å². The lowest BCUT2D eigenvalue weighted by molar-refractivity contribution is -0.137. The predicted molar refractivity (Wildman–Crippen MR) is 100 cm³/mol.